The number of amides is 1. The SMILES string of the molecule is C[C@@H](Sc1ncc(-c2ccccc2)n1C[C@H]1CCCO1)C(=O)Nc1ccc2c(c1)OCO2. The van der Waals surface area contributed by atoms with Crippen LogP contribution in [-0.4, -0.2) is 40.2 Å². The van der Waals surface area contributed by atoms with Gasteiger partial charge in [-0.25, -0.2) is 4.98 Å². The Balaban J connectivity index is 1.33. The molecule has 166 valence electrons. The van der Waals surface area contributed by atoms with Crippen LogP contribution in [0.4, 0.5) is 5.69 Å². The molecule has 2 aliphatic rings. The van der Waals surface area contributed by atoms with E-state index in [1.54, 1.807) is 12.1 Å². The molecule has 1 fully saturated rings. The summed E-state index contributed by atoms with van der Waals surface area (Å²) >= 11 is 1.45. The van der Waals surface area contributed by atoms with E-state index in [0.29, 0.717) is 17.2 Å². The molecule has 2 aromatic carbocycles. The van der Waals surface area contributed by atoms with Crippen molar-refractivity contribution < 1.29 is 19.0 Å². The van der Waals surface area contributed by atoms with Gasteiger partial charge in [0, 0.05) is 18.4 Å². The van der Waals surface area contributed by atoms with E-state index in [4.69, 9.17) is 14.2 Å². The number of carbonyl (C=O) groups excluding carboxylic acids is 1. The number of anilines is 1. The molecular weight excluding hydrogens is 426 g/mol. The molecule has 1 N–H and O–H groups in total. The van der Waals surface area contributed by atoms with E-state index in [-0.39, 0.29) is 24.1 Å². The Labute approximate surface area is 191 Å². The van der Waals surface area contributed by atoms with Gasteiger partial charge >= 0.3 is 0 Å². The van der Waals surface area contributed by atoms with Gasteiger partial charge in [-0.15, -0.1) is 0 Å². The highest BCUT2D eigenvalue weighted by Gasteiger charge is 2.24. The molecule has 0 spiro atoms. The van der Waals surface area contributed by atoms with Crippen LogP contribution < -0.4 is 14.8 Å². The van der Waals surface area contributed by atoms with Gasteiger partial charge in [-0.3, -0.25) is 4.79 Å². The average molecular weight is 452 g/mol. The zero-order valence-electron chi connectivity index (χ0n) is 17.8. The van der Waals surface area contributed by atoms with Crippen molar-refractivity contribution in [3.63, 3.8) is 0 Å². The van der Waals surface area contributed by atoms with E-state index in [2.05, 4.69) is 27.0 Å². The van der Waals surface area contributed by atoms with Crippen LogP contribution in [0.1, 0.15) is 19.8 Å². The van der Waals surface area contributed by atoms with Crippen LogP contribution in [0, 0.1) is 0 Å². The monoisotopic (exact) mass is 451 g/mol. The summed E-state index contributed by atoms with van der Waals surface area (Å²) in [6.45, 7) is 3.62. The highest BCUT2D eigenvalue weighted by atomic mass is 32.2. The molecule has 2 aliphatic heterocycles. The fourth-order valence-corrected chi connectivity index (χ4v) is 4.79. The molecule has 5 rings (SSSR count). The maximum absolute atomic E-state index is 12.9. The molecule has 32 heavy (non-hydrogen) atoms. The lowest BCUT2D eigenvalue weighted by molar-refractivity contribution is -0.115. The van der Waals surface area contributed by atoms with Crippen molar-refractivity contribution in [3.05, 3.63) is 54.7 Å². The summed E-state index contributed by atoms with van der Waals surface area (Å²) in [4.78, 5) is 17.5. The minimum Gasteiger partial charge on any atom is -0.454 e. The predicted molar refractivity (Wildman–Crippen MR) is 123 cm³/mol. The molecule has 2 atom stereocenters. The van der Waals surface area contributed by atoms with Gasteiger partial charge in [0.2, 0.25) is 12.7 Å². The van der Waals surface area contributed by atoms with E-state index in [9.17, 15) is 4.79 Å². The highest BCUT2D eigenvalue weighted by Crippen LogP contribution is 2.35. The average Bonchev–Trinajstić information content (AvgIpc) is 3.56. The van der Waals surface area contributed by atoms with Crippen molar-refractivity contribution in [2.24, 2.45) is 0 Å². The van der Waals surface area contributed by atoms with Crippen LogP contribution >= 0.6 is 11.8 Å². The van der Waals surface area contributed by atoms with Crippen LogP contribution in [0.3, 0.4) is 0 Å². The molecule has 8 heteroatoms. The Morgan fingerprint density at radius 2 is 2.06 bits per heavy atom. The lowest BCUT2D eigenvalue weighted by Gasteiger charge is -2.18. The second kappa shape index (κ2) is 9.26. The third-order valence-corrected chi connectivity index (χ3v) is 6.69. The number of rotatable bonds is 7. The number of benzene rings is 2. The number of aromatic nitrogens is 2. The Bertz CT molecular complexity index is 1100. The molecule has 7 nitrogen and oxygen atoms in total. The number of nitrogens with one attached hydrogen (secondary N) is 1. The van der Waals surface area contributed by atoms with Gasteiger partial charge in [0.1, 0.15) is 0 Å². The van der Waals surface area contributed by atoms with Crippen molar-refractivity contribution in [2.75, 3.05) is 18.7 Å². The van der Waals surface area contributed by atoms with Crippen LogP contribution in [0.2, 0.25) is 0 Å². The summed E-state index contributed by atoms with van der Waals surface area (Å²) in [7, 11) is 0. The molecule has 3 heterocycles. The summed E-state index contributed by atoms with van der Waals surface area (Å²) in [5, 5.41) is 3.44. The fourth-order valence-electron chi connectivity index (χ4n) is 3.89. The normalized spacial score (nSPS) is 18.0. The van der Waals surface area contributed by atoms with Crippen LogP contribution in [0.5, 0.6) is 11.5 Å². The summed E-state index contributed by atoms with van der Waals surface area (Å²) in [5.41, 5.74) is 2.81. The lowest BCUT2D eigenvalue weighted by atomic mass is 10.1. The van der Waals surface area contributed by atoms with Crippen molar-refractivity contribution in [3.8, 4) is 22.8 Å². The van der Waals surface area contributed by atoms with Gasteiger partial charge in [0.05, 0.1) is 29.8 Å². The summed E-state index contributed by atoms with van der Waals surface area (Å²) in [6.07, 6.45) is 4.17. The number of fused-ring (bicyclic) bond motifs is 1. The molecule has 1 aromatic heterocycles. The van der Waals surface area contributed by atoms with Gasteiger partial charge in [-0.1, -0.05) is 42.1 Å². The first kappa shape index (κ1) is 20.9. The number of hydrogen-bond acceptors (Lipinski definition) is 6. The van der Waals surface area contributed by atoms with E-state index in [1.807, 2.05) is 37.4 Å². The molecule has 0 aliphatic carbocycles. The topological polar surface area (TPSA) is 74.6 Å². The van der Waals surface area contributed by atoms with E-state index in [0.717, 1.165) is 42.4 Å². The van der Waals surface area contributed by atoms with Gasteiger partial charge < -0.3 is 24.1 Å². The number of hydrogen-bond donors (Lipinski definition) is 1. The first-order chi connectivity index (χ1) is 15.7. The summed E-state index contributed by atoms with van der Waals surface area (Å²) < 4.78 is 18.8. The Kier molecular flexibility index (Phi) is 6.05. The maximum Gasteiger partial charge on any atom is 0.237 e. The lowest BCUT2D eigenvalue weighted by Crippen LogP contribution is -2.23. The standard InChI is InChI=1S/C24H25N3O4S/c1-16(23(28)26-18-9-10-21-22(12-18)31-15-30-21)32-24-25-13-20(17-6-3-2-4-7-17)27(24)14-19-8-5-11-29-19/h2-4,6-7,9-10,12-13,16,19H,5,8,11,14-15H2,1H3,(H,26,28)/t16-,19-/m1/s1. The van der Waals surface area contributed by atoms with Crippen molar-refractivity contribution in [1.29, 1.82) is 0 Å². The molecular formula is C24H25N3O4S. The second-order valence-electron chi connectivity index (χ2n) is 7.86. The van der Waals surface area contributed by atoms with Gasteiger partial charge in [-0.05, 0) is 37.5 Å². The molecule has 3 aromatic rings. The first-order valence-corrected chi connectivity index (χ1v) is 11.6. The number of thioether (sulfide) groups is 1. The zero-order chi connectivity index (χ0) is 21.9. The van der Waals surface area contributed by atoms with Gasteiger partial charge in [0.15, 0.2) is 16.7 Å². The van der Waals surface area contributed by atoms with E-state index in [1.165, 1.54) is 11.8 Å². The third-order valence-electron chi connectivity index (χ3n) is 5.59. The number of ether oxygens (including phenoxy) is 3. The maximum atomic E-state index is 12.9. The Morgan fingerprint density at radius 1 is 1.22 bits per heavy atom. The number of carbonyl (C=O) groups is 1. The fraction of sp³-hybridized carbons (Fsp3) is 0.333. The molecule has 0 radical (unpaired) electrons. The molecule has 0 saturated carbocycles. The first-order valence-electron chi connectivity index (χ1n) is 10.8. The van der Waals surface area contributed by atoms with Crippen molar-refractivity contribution in [1.82, 2.24) is 9.55 Å². The van der Waals surface area contributed by atoms with Gasteiger partial charge in [0.25, 0.3) is 0 Å². The highest BCUT2D eigenvalue weighted by molar-refractivity contribution is 8.00. The molecule has 0 bridgehead atoms. The number of imidazole rings is 1. The van der Waals surface area contributed by atoms with Crippen LogP contribution in [-0.2, 0) is 16.1 Å². The second-order valence-corrected chi connectivity index (χ2v) is 9.16. The van der Waals surface area contributed by atoms with E-state index < -0.39 is 0 Å². The Hall–Kier alpha value is -2.97. The van der Waals surface area contributed by atoms with Crippen LogP contribution in [0.15, 0.2) is 59.9 Å². The zero-order valence-corrected chi connectivity index (χ0v) is 18.6. The van der Waals surface area contributed by atoms with Gasteiger partial charge in [-0.2, -0.15) is 0 Å². The Morgan fingerprint density at radius 3 is 2.88 bits per heavy atom. The number of nitrogens with zero attached hydrogens (tertiary/aromatic N) is 2. The largest absolute Gasteiger partial charge is 0.454 e. The summed E-state index contributed by atoms with van der Waals surface area (Å²) in [6, 6.07) is 15.6. The molecule has 0 unspecified atom stereocenters. The van der Waals surface area contributed by atoms with Crippen molar-refractivity contribution >= 4 is 23.4 Å². The van der Waals surface area contributed by atoms with Crippen molar-refractivity contribution in [2.45, 2.75) is 42.8 Å². The smallest absolute Gasteiger partial charge is 0.237 e. The third kappa shape index (κ3) is 4.47. The molecule has 1 saturated heterocycles. The van der Waals surface area contributed by atoms with E-state index >= 15 is 0 Å². The predicted octanol–water partition coefficient (Wildman–Crippen LogP) is 4.58. The molecule has 1 amide bonds. The summed E-state index contributed by atoms with van der Waals surface area (Å²) in [5.74, 6) is 1.24. The minimum absolute atomic E-state index is 0.0956. The quantitative estimate of drug-likeness (QED) is 0.530. The minimum atomic E-state index is -0.338. The van der Waals surface area contributed by atoms with Crippen LogP contribution in [0.25, 0.3) is 11.3 Å².